The van der Waals surface area contributed by atoms with Gasteiger partial charge in [0.1, 0.15) is 0 Å². The SMILES string of the molecule is Cc1ccsc1C(Cc1ccccc1)NN. The minimum absolute atomic E-state index is 0.211. The van der Waals surface area contributed by atoms with Crippen molar-refractivity contribution in [3.63, 3.8) is 0 Å². The summed E-state index contributed by atoms with van der Waals surface area (Å²) in [5, 5.41) is 2.11. The van der Waals surface area contributed by atoms with Crippen molar-refractivity contribution in [2.45, 2.75) is 19.4 Å². The lowest BCUT2D eigenvalue weighted by atomic mass is 10.0. The number of benzene rings is 1. The van der Waals surface area contributed by atoms with Crippen molar-refractivity contribution in [3.8, 4) is 0 Å². The van der Waals surface area contributed by atoms with Gasteiger partial charge in [0.2, 0.25) is 0 Å². The maximum atomic E-state index is 5.64. The molecule has 0 aliphatic carbocycles. The van der Waals surface area contributed by atoms with Gasteiger partial charge >= 0.3 is 0 Å². The molecule has 0 aliphatic heterocycles. The summed E-state index contributed by atoms with van der Waals surface area (Å²) >= 11 is 1.76. The number of rotatable bonds is 4. The highest BCUT2D eigenvalue weighted by molar-refractivity contribution is 7.10. The van der Waals surface area contributed by atoms with E-state index in [0.29, 0.717) is 0 Å². The van der Waals surface area contributed by atoms with Gasteiger partial charge < -0.3 is 0 Å². The van der Waals surface area contributed by atoms with Gasteiger partial charge in [-0.25, -0.2) is 0 Å². The summed E-state index contributed by atoms with van der Waals surface area (Å²) in [5.74, 6) is 5.64. The van der Waals surface area contributed by atoms with Crippen molar-refractivity contribution in [2.24, 2.45) is 5.84 Å². The Bertz CT molecular complexity index is 436. The van der Waals surface area contributed by atoms with Crippen LogP contribution >= 0.6 is 11.3 Å². The van der Waals surface area contributed by atoms with Crippen LogP contribution in [-0.4, -0.2) is 0 Å². The van der Waals surface area contributed by atoms with Crippen molar-refractivity contribution >= 4 is 11.3 Å². The lowest BCUT2D eigenvalue weighted by Crippen LogP contribution is -2.29. The topological polar surface area (TPSA) is 38.0 Å². The first-order valence-corrected chi connectivity index (χ1v) is 6.23. The largest absolute Gasteiger partial charge is 0.271 e. The number of nitrogens with one attached hydrogen (secondary N) is 1. The predicted octanol–water partition coefficient (Wildman–Crippen LogP) is 2.80. The van der Waals surface area contributed by atoms with Crippen LogP contribution in [-0.2, 0) is 6.42 Å². The van der Waals surface area contributed by atoms with Gasteiger partial charge in [-0.05, 0) is 35.9 Å². The van der Waals surface area contributed by atoms with E-state index >= 15 is 0 Å². The third kappa shape index (κ3) is 2.50. The fourth-order valence-corrected chi connectivity index (χ4v) is 2.81. The zero-order valence-electron chi connectivity index (χ0n) is 9.31. The Labute approximate surface area is 100 Å². The summed E-state index contributed by atoms with van der Waals surface area (Å²) in [7, 11) is 0. The Morgan fingerprint density at radius 2 is 2.00 bits per heavy atom. The second-order valence-corrected chi connectivity index (χ2v) is 4.82. The van der Waals surface area contributed by atoms with Crippen LogP contribution in [0.2, 0.25) is 0 Å². The van der Waals surface area contributed by atoms with E-state index in [1.807, 2.05) is 6.07 Å². The van der Waals surface area contributed by atoms with E-state index in [0.717, 1.165) is 6.42 Å². The van der Waals surface area contributed by atoms with Gasteiger partial charge in [0.15, 0.2) is 0 Å². The summed E-state index contributed by atoms with van der Waals surface area (Å²) < 4.78 is 0. The van der Waals surface area contributed by atoms with Crippen molar-refractivity contribution in [3.05, 3.63) is 57.8 Å². The van der Waals surface area contributed by atoms with Crippen molar-refractivity contribution in [1.82, 2.24) is 5.43 Å². The molecule has 1 heterocycles. The molecule has 2 aromatic rings. The molecule has 2 nitrogen and oxygen atoms in total. The average Bonchev–Trinajstić information content (AvgIpc) is 2.74. The Kier molecular flexibility index (Phi) is 3.72. The molecular weight excluding hydrogens is 216 g/mol. The summed E-state index contributed by atoms with van der Waals surface area (Å²) in [6.07, 6.45) is 0.929. The van der Waals surface area contributed by atoms with Crippen molar-refractivity contribution in [1.29, 1.82) is 0 Å². The van der Waals surface area contributed by atoms with Gasteiger partial charge in [-0.2, -0.15) is 0 Å². The Morgan fingerprint density at radius 3 is 2.56 bits per heavy atom. The number of nitrogens with two attached hydrogens (primary N) is 1. The molecule has 1 aromatic heterocycles. The number of aryl methyl sites for hydroxylation is 1. The molecule has 0 amide bonds. The molecule has 0 saturated heterocycles. The van der Waals surface area contributed by atoms with Crippen LogP contribution in [0.4, 0.5) is 0 Å². The van der Waals surface area contributed by atoms with Crippen LogP contribution in [0.3, 0.4) is 0 Å². The molecule has 3 N–H and O–H groups in total. The van der Waals surface area contributed by atoms with Gasteiger partial charge in [0, 0.05) is 4.88 Å². The summed E-state index contributed by atoms with van der Waals surface area (Å²) in [5.41, 5.74) is 5.52. The zero-order chi connectivity index (χ0) is 11.4. The highest BCUT2D eigenvalue weighted by Gasteiger charge is 2.13. The fraction of sp³-hybridized carbons (Fsp3) is 0.231. The van der Waals surface area contributed by atoms with Gasteiger partial charge in [-0.15, -0.1) is 11.3 Å². The number of hydrazine groups is 1. The molecule has 0 saturated carbocycles. The third-order valence-corrected chi connectivity index (χ3v) is 3.83. The molecule has 16 heavy (non-hydrogen) atoms. The lowest BCUT2D eigenvalue weighted by Gasteiger charge is -2.15. The molecule has 84 valence electrons. The first kappa shape index (κ1) is 11.3. The lowest BCUT2D eigenvalue weighted by molar-refractivity contribution is 0.558. The monoisotopic (exact) mass is 232 g/mol. The second-order valence-electron chi connectivity index (χ2n) is 3.88. The van der Waals surface area contributed by atoms with Gasteiger partial charge in [-0.3, -0.25) is 11.3 Å². The highest BCUT2D eigenvalue weighted by atomic mass is 32.1. The van der Waals surface area contributed by atoms with E-state index in [1.165, 1.54) is 16.0 Å². The van der Waals surface area contributed by atoms with E-state index in [9.17, 15) is 0 Å². The maximum absolute atomic E-state index is 5.64. The second kappa shape index (κ2) is 5.25. The summed E-state index contributed by atoms with van der Waals surface area (Å²) in [4.78, 5) is 1.33. The molecule has 2 rings (SSSR count). The van der Waals surface area contributed by atoms with E-state index in [-0.39, 0.29) is 6.04 Å². The van der Waals surface area contributed by atoms with Crippen molar-refractivity contribution in [2.75, 3.05) is 0 Å². The van der Waals surface area contributed by atoms with Crippen LogP contribution in [0.5, 0.6) is 0 Å². The van der Waals surface area contributed by atoms with Crippen LogP contribution in [0.15, 0.2) is 41.8 Å². The van der Waals surface area contributed by atoms with Gasteiger partial charge in [0.25, 0.3) is 0 Å². The standard InChI is InChI=1S/C13H16N2S/c1-10-7-8-16-13(10)12(15-14)9-11-5-3-2-4-6-11/h2-8,12,15H,9,14H2,1H3. The molecule has 0 aliphatic rings. The van der Waals surface area contributed by atoms with E-state index < -0.39 is 0 Å². The number of thiophene rings is 1. The van der Waals surface area contributed by atoms with Gasteiger partial charge in [-0.1, -0.05) is 30.3 Å². The van der Waals surface area contributed by atoms with E-state index in [4.69, 9.17) is 5.84 Å². The van der Waals surface area contributed by atoms with Crippen LogP contribution in [0.25, 0.3) is 0 Å². The maximum Gasteiger partial charge on any atom is 0.0596 e. The first-order valence-electron chi connectivity index (χ1n) is 5.35. The fourth-order valence-electron chi connectivity index (χ4n) is 1.82. The van der Waals surface area contributed by atoms with E-state index in [2.05, 4.69) is 48.1 Å². The molecule has 0 fully saturated rings. The average molecular weight is 232 g/mol. The first-order chi connectivity index (χ1) is 7.81. The summed E-state index contributed by atoms with van der Waals surface area (Å²) in [6.45, 7) is 2.13. The molecule has 0 spiro atoms. The molecular formula is C13H16N2S. The molecule has 0 radical (unpaired) electrons. The molecule has 1 aromatic carbocycles. The number of hydrogen-bond donors (Lipinski definition) is 2. The Hall–Kier alpha value is -1.16. The van der Waals surface area contributed by atoms with Crippen LogP contribution in [0, 0.1) is 6.92 Å². The normalized spacial score (nSPS) is 12.6. The molecule has 1 atom stereocenters. The molecule has 0 bridgehead atoms. The third-order valence-electron chi connectivity index (χ3n) is 2.70. The highest BCUT2D eigenvalue weighted by Crippen LogP contribution is 2.26. The smallest absolute Gasteiger partial charge is 0.0596 e. The molecule has 3 heteroatoms. The Morgan fingerprint density at radius 1 is 1.25 bits per heavy atom. The minimum atomic E-state index is 0.211. The van der Waals surface area contributed by atoms with Crippen molar-refractivity contribution < 1.29 is 0 Å². The number of hydrogen-bond acceptors (Lipinski definition) is 3. The predicted molar refractivity (Wildman–Crippen MR) is 69.3 cm³/mol. The quantitative estimate of drug-likeness (QED) is 0.628. The zero-order valence-corrected chi connectivity index (χ0v) is 10.1. The van der Waals surface area contributed by atoms with Crippen LogP contribution in [0.1, 0.15) is 22.0 Å². The van der Waals surface area contributed by atoms with Crippen LogP contribution < -0.4 is 11.3 Å². The Balaban J connectivity index is 2.16. The van der Waals surface area contributed by atoms with E-state index in [1.54, 1.807) is 11.3 Å². The minimum Gasteiger partial charge on any atom is -0.271 e. The molecule has 1 unspecified atom stereocenters. The summed E-state index contributed by atoms with van der Waals surface area (Å²) in [6, 6.07) is 12.8. The van der Waals surface area contributed by atoms with Gasteiger partial charge in [0.05, 0.1) is 6.04 Å².